The zero-order valence-electron chi connectivity index (χ0n) is 16.1. The van der Waals surface area contributed by atoms with Crippen LogP contribution in [0.2, 0.25) is 0 Å². The van der Waals surface area contributed by atoms with Crippen molar-refractivity contribution in [1.29, 1.82) is 0 Å². The Morgan fingerprint density at radius 2 is 1.86 bits per heavy atom. The maximum Gasteiger partial charge on any atom is 0.313 e. The van der Waals surface area contributed by atoms with Crippen LogP contribution in [0.1, 0.15) is 38.2 Å². The summed E-state index contributed by atoms with van der Waals surface area (Å²) in [6, 6.07) is 5.36. The van der Waals surface area contributed by atoms with Gasteiger partial charge in [-0.2, -0.15) is 0 Å². The third kappa shape index (κ3) is 4.68. The maximum absolute atomic E-state index is 12.1. The number of hydrogen-bond donors (Lipinski definition) is 2. The van der Waals surface area contributed by atoms with Gasteiger partial charge >= 0.3 is 11.8 Å². The van der Waals surface area contributed by atoms with Gasteiger partial charge in [-0.05, 0) is 43.4 Å². The molecule has 8 heteroatoms. The first-order valence-corrected chi connectivity index (χ1v) is 9.73. The first-order chi connectivity index (χ1) is 13.5. The Bertz CT molecular complexity index is 792. The summed E-state index contributed by atoms with van der Waals surface area (Å²) in [6.45, 7) is 3.86. The lowest BCUT2D eigenvalue weighted by atomic mass is 10.0. The smallest absolute Gasteiger partial charge is 0.313 e. The molecule has 1 aromatic rings. The highest BCUT2D eigenvalue weighted by Crippen LogP contribution is 2.30. The number of benzene rings is 1. The molecule has 2 aliphatic rings. The average Bonchev–Trinajstić information content (AvgIpc) is 3.09. The molecule has 0 bridgehead atoms. The highest BCUT2D eigenvalue weighted by atomic mass is 16.2. The van der Waals surface area contributed by atoms with Gasteiger partial charge in [-0.1, -0.05) is 6.07 Å². The molecule has 0 aromatic heterocycles. The maximum atomic E-state index is 12.1. The number of nitrogens with one attached hydrogen (secondary N) is 2. The summed E-state index contributed by atoms with van der Waals surface area (Å²) in [7, 11) is 0. The molecular weight excluding hydrogens is 360 g/mol. The molecule has 28 heavy (non-hydrogen) atoms. The van der Waals surface area contributed by atoms with Crippen molar-refractivity contribution in [3.8, 4) is 0 Å². The molecule has 0 aliphatic carbocycles. The second-order valence-electron chi connectivity index (χ2n) is 7.17. The van der Waals surface area contributed by atoms with Crippen LogP contribution in [0.4, 0.5) is 11.4 Å². The van der Waals surface area contributed by atoms with E-state index in [-0.39, 0.29) is 11.8 Å². The minimum absolute atomic E-state index is 0.0429. The zero-order valence-corrected chi connectivity index (χ0v) is 16.1. The van der Waals surface area contributed by atoms with Crippen molar-refractivity contribution in [2.75, 3.05) is 36.4 Å². The van der Waals surface area contributed by atoms with Gasteiger partial charge in [-0.25, -0.2) is 0 Å². The van der Waals surface area contributed by atoms with E-state index in [0.717, 1.165) is 37.1 Å². The first kappa shape index (κ1) is 19.9. The molecular formula is C20H26N4O4. The minimum Gasteiger partial charge on any atom is -0.348 e. The van der Waals surface area contributed by atoms with Crippen LogP contribution < -0.4 is 15.5 Å². The summed E-state index contributed by atoms with van der Waals surface area (Å²) < 4.78 is 0. The molecule has 3 rings (SSSR count). The average molecular weight is 386 g/mol. The number of likely N-dealkylation sites (tertiary alicyclic amines) is 1. The predicted octanol–water partition coefficient (Wildman–Crippen LogP) is 1.05. The number of carbonyl (C=O) groups is 4. The van der Waals surface area contributed by atoms with Gasteiger partial charge in [-0.15, -0.1) is 0 Å². The molecule has 1 aromatic carbocycles. The van der Waals surface area contributed by atoms with Crippen LogP contribution in [0.15, 0.2) is 18.2 Å². The summed E-state index contributed by atoms with van der Waals surface area (Å²) in [5, 5.41) is 5.16. The van der Waals surface area contributed by atoms with Crippen molar-refractivity contribution in [3.63, 3.8) is 0 Å². The fourth-order valence-corrected chi connectivity index (χ4v) is 3.66. The van der Waals surface area contributed by atoms with E-state index in [0.29, 0.717) is 38.2 Å². The minimum atomic E-state index is -0.748. The molecule has 2 heterocycles. The SMILES string of the molecule is CC(=O)N1CCCc2ccc(NC(=O)C(=O)NCCCN3CCCC3=O)cc21. The highest BCUT2D eigenvalue weighted by molar-refractivity contribution is 6.39. The summed E-state index contributed by atoms with van der Waals surface area (Å²) in [5.41, 5.74) is 2.32. The van der Waals surface area contributed by atoms with Gasteiger partial charge in [0.15, 0.2) is 0 Å². The Morgan fingerprint density at radius 3 is 2.57 bits per heavy atom. The lowest BCUT2D eigenvalue weighted by Gasteiger charge is -2.29. The first-order valence-electron chi connectivity index (χ1n) is 9.73. The number of hydrogen-bond acceptors (Lipinski definition) is 4. The van der Waals surface area contributed by atoms with E-state index in [4.69, 9.17) is 0 Å². The van der Waals surface area contributed by atoms with Crippen molar-refractivity contribution in [1.82, 2.24) is 10.2 Å². The lowest BCUT2D eigenvalue weighted by Crippen LogP contribution is -2.37. The van der Waals surface area contributed by atoms with Gasteiger partial charge in [0.05, 0.1) is 0 Å². The number of amides is 4. The fraction of sp³-hybridized carbons (Fsp3) is 0.500. The van der Waals surface area contributed by atoms with Crippen LogP contribution in [0.3, 0.4) is 0 Å². The van der Waals surface area contributed by atoms with Crippen LogP contribution in [0.5, 0.6) is 0 Å². The van der Waals surface area contributed by atoms with E-state index in [1.807, 2.05) is 6.07 Å². The molecule has 0 radical (unpaired) electrons. The highest BCUT2D eigenvalue weighted by Gasteiger charge is 2.22. The summed E-state index contributed by atoms with van der Waals surface area (Å²) in [6.07, 6.45) is 3.88. The van der Waals surface area contributed by atoms with Crippen molar-refractivity contribution in [2.45, 2.75) is 39.0 Å². The van der Waals surface area contributed by atoms with Crippen LogP contribution in [0.25, 0.3) is 0 Å². The van der Waals surface area contributed by atoms with Gasteiger partial charge in [-0.3, -0.25) is 19.2 Å². The molecule has 0 unspecified atom stereocenters. The molecule has 8 nitrogen and oxygen atoms in total. The van der Waals surface area contributed by atoms with E-state index in [1.54, 1.807) is 21.9 Å². The zero-order chi connectivity index (χ0) is 20.1. The second kappa shape index (κ2) is 8.86. The Labute approximate surface area is 164 Å². The molecule has 0 atom stereocenters. The van der Waals surface area contributed by atoms with Gasteiger partial charge in [0.1, 0.15) is 0 Å². The molecule has 2 N–H and O–H groups in total. The largest absolute Gasteiger partial charge is 0.348 e. The van der Waals surface area contributed by atoms with Crippen LogP contribution in [0, 0.1) is 0 Å². The second-order valence-corrected chi connectivity index (χ2v) is 7.17. The number of rotatable bonds is 5. The molecule has 150 valence electrons. The lowest BCUT2D eigenvalue weighted by molar-refractivity contribution is -0.136. The standard InChI is InChI=1S/C20H26N4O4/c1-14(25)24-12-2-5-15-7-8-16(13-17(15)24)22-20(28)19(27)21-9-4-11-23-10-3-6-18(23)26/h7-8,13H,2-6,9-12H2,1H3,(H,21,27)(H,22,28). The number of aryl methyl sites for hydroxylation is 1. The van der Waals surface area contributed by atoms with Gasteiger partial charge in [0.25, 0.3) is 0 Å². The Hall–Kier alpha value is -2.90. The summed E-state index contributed by atoms with van der Waals surface area (Å²) >= 11 is 0. The van der Waals surface area contributed by atoms with Crippen molar-refractivity contribution >= 4 is 35.0 Å². The molecule has 0 saturated carbocycles. The molecule has 4 amide bonds. The van der Waals surface area contributed by atoms with Crippen molar-refractivity contribution in [3.05, 3.63) is 23.8 Å². The fourth-order valence-electron chi connectivity index (χ4n) is 3.66. The number of anilines is 2. The van der Waals surface area contributed by atoms with E-state index >= 15 is 0 Å². The monoisotopic (exact) mass is 386 g/mol. The topological polar surface area (TPSA) is 98.8 Å². The third-order valence-electron chi connectivity index (χ3n) is 5.11. The van der Waals surface area contributed by atoms with Gasteiger partial charge in [0, 0.05) is 50.9 Å². The van der Waals surface area contributed by atoms with Crippen molar-refractivity contribution < 1.29 is 19.2 Å². The van der Waals surface area contributed by atoms with E-state index in [9.17, 15) is 19.2 Å². The predicted molar refractivity (Wildman–Crippen MR) is 105 cm³/mol. The molecule has 1 fully saturated rings. The van der Waals surface area contributed by atoms with Crippen LogP contribution in [-0.4, -0.2) is 54.7 Å². The van der Waals surface area contributed by atoms with Gasteiger partial charge in [0.2, 0.25) is 11.8 Å². The molecule has 2 aliphatic heterocycles. The van der Waals surface area contributed by atoms with Crippen LogP contribution >= 0.6 is 0 Å². The number of fused-ring (bicyclic) bond motifs is 1. The quantitative estimate of drug-likeness (QED) is 0.584. The normalized spacial score (nSPS) is 16.0. The summed E-state index contributed by atoms with van der Waals surface area (Å²) in [5.74, 6) is -1.36. The number of nitrogens with zero attached hydrogens (tertiary/aromatic N) is 2. The van der Waals surface area contributed by atoms with Crippen molar-refractivity contribution in [2.24, 2.45) is 0 Å². The van der Waals surface area contributed by atoms with E-state index in [2.05, 4.69) is 10.6 Å². The molecule has 0 spiro atoms. The Balaban J connectivity index is 1.50. The van der Waals surface area contributed by atoms with Crippen LogP contribution in [-0.2, 0) is 25.6 Å². The van der Waals surface area contributed by atoms with Gasteiger partial charge < -0.3 is 20.4 Å². The Morgan fingerprint density at radius 1 is 1.07 bits per heavy atom. The Kier molecular flexibility index (Phi) is 6.28. The number of carbonyl (C=O) groups excluding carboxylic acids is 4. The van der Waals surface area contributed by atoms with E-state index < -0.39 is 11.8 Å². The van der Waals surface area contributed by atoms with E-state index in [1.165, 1.54) is 6.92 Å². The molecule has 1 saturated heterocycles. The summed E-state index contributed by atoms with van der Waals surface area (Å²) in [4.78, 5) is 50.9. The third-order valence-corrected chi connectivity index (χ3v) is 5.11.